The molecule has 0 radical (unpaired) electrons. The number of likely N-dealkylation sites (tertiary alicyclic amines) is 2. The van der Waals surface area contributed by atoms with Crippen LogP contribution in [-0.4, -0.2) is 45.8 Å². The maximum Gasteiger partial charge on any atom is 0.0947 e. The van der Waals surface area contributed by atoms with Crippen LogP contribution in [0, 0.1) is 5.41 Å². The van der Waals surface area contributed by atoms with Gasteiger partial charge in [-0.05, 0) is 43.8 Å². The van der Waals surface area contributed by atoms with Crippen LogP contribution in [0.15, 0.2) is 35.4 Å². The van der Waals surface area contributed by atoms with Crippen molar-refractivity contribution in [3.63, 3.8) is 0 Å². The van der Waals surface area contributed by atoms with E-state index < -0.39 is 0 Å². The van der Waals surface area contributed by atoms with E-state index in [9.17, 15) is 0 Å². The highest BCUT2D eigenvalue weighted by atomic mass is 16.3. The van der Waals surface area contributed by atoms with Crippen LogP contribution in [0.1, 0.15) is 30.4 Å². The lowest BCUT2D eigenvalue weighted by Crippen LogP contribution is -2.44. The van der Waals surface area contributed by atoms with Crippen LogP contribution < -0.4 is 0 Å². The number of hydrogen-bond acceptors (Lipinski definition) is 4. The van der Waals surface area contributed by atoms with Crippen molar-refractivity contribution in [1.82, 2.24) is 19.6 Å². The summed E-state index contributed by atoms with van der Waals surface area (Å²) in [6.07, 6.45) is 11.8. The van der Waals surface area contributed by atoms with Crippen molar-refractivity contribution in [1.29, 1.82) is 0 Å². The maximum atomic E-state index is 5.20. The molecule has 0 aromatic carbocycles. The number of rotatable bonds is 4. The summed E-state index contributed by atoms with van der Waals surface area (Å²) in [7, 11) is 1.99. The normalized spacial score (nSPS) is 26.3. The number of nitrogens with zero attached hydrogens (tertiary/aromatic N) is 4. The molecule has 0 saturated carbocycles. The van der Waals surface area contributed by atoms with Gasteiger partial charge in [0, 0.05) is 50.6 Å². The molecule has 2 aliphatic heterocycles. The van der Waals surface area contributed by atoms with Gasteiger partial charge in [0.25, 0.3) is 0 Å². The van der Waals surface area contributed by atoms with E-state index in [-0.39, 0.29) is 0 Å². The largest absolute Gasteiger partial charge is 0.472 e. The van der Waals surface area contributed by atoms with Gasteiger partial charge in [0.05, 0.1) is 18.7 Å². The molecule has 2 fully saturated rings. The Labute approximate surface area is 137 Å². The molecule has 4 rings (SSSR count). The molecule has 1 spiro atoms. The third-order valence-corrected chi connectivity index (χ3v) is 5.41. The predicted molar refractivity (Wildman–Crippen MR) is 88.8 cm³/mol. The Hall–Kier alpha value is -1.59. The highest BCUT2D eigenvalue weighted by molar-refractivity contribution is 5.07. The van der Waals surface area contributed by atoms with Crippen molar-refractivity contribution in [2.45, 2.75) is 32.4 Å². The quantitative estimate of drug-likeness (QED) is 0.869. The summed E-state index contributed by atoms with van der Waals surface area (Å²) in [5.74, 6) is 0. The van der Waals surface area contributed by atoms with Crippen LogP contribution in [0.5, 0.6) is 0 Å². The molecule has 0 aliphatic carbocycles. The van der Waals surface area contributed by atoms with Crippen molar-refractivity contribution in [3.8, 4) is 0 Å². The highest BCUT2D eigenvalue weighted by Gasteiger charge is 2.41. The van der Waals surface area contributed by atoms with Crippen LogP contribution in [0.4, 0.5) is 0 Å². The molecular weight excluding hydrogens is 288 g/mol. The SMILES string of the molecule is Cn1cc(CN2CCCC3(CCN(Cc4ccoc4)C3)C2)cn1. The van der Waals surface area contributed by atoms with E-state index in [1.807, 2.05) is 24.2 Å². The monoisotopic (exact) mass is 314 g/mol. The van der Waals surface area contributed by atoms with Gasteiger partial charge in [0.2, 0.25) is 0 Å². The Kier molecular flexibility index (Phi) is 3.99. The van der Waals surface area contributed by atoms with E-state index in [1.54, 1.807) is 6.26 Å². The Morgan fingerprint density at radius 3 is 2.70 bits per heavy atom. The zero-order chi connectivity index (χ0) is 15.7. The second kappa shape index (κ2) is 6.13. The molecule has 2 saturated heterocycles. The molecular formula is C18H26N4O. The number of aromatic nitrogens is 2. The van der Waals surface area contributed by atoms with Crippen molar-refractivity contribution in [2.24, 2.45) is 12.5 Å². The molecule has 5 nitrogen and oxygen atoms in total. The van der Waals surface area contributed by atoms with Gasteiger partial charge >= 0.3 is 0 Å². The second-order valence-electron chi connectivity index (χ2n) is 7.43. The van der Waals surface area contributed by atoms with Gasteiger partial charge in [0.1, 0.15) is 0 Å². The van der Waals surface area contributed by atoms with Gasteiger partial charge in [-0.3, -0.25) is 14.5 Å². The van der Waals surface area contributed by atoms with Gasteiger partial charge in [-0.1, -0.05) is 0 Å². The zero-order valence-corrected chi connectivity index (χ0v) is 13.9. The Morgan fingerprint density at radius 2 is 1.96 bits per heavy atom. The molecule has 124 valence electrons. The van der Waals surface area contributed by atoms with Gasteiger partial charge in [-0.15, -0.1) is 0 Å². The summed E-state index contributed by atoms with van der Waals surface area (Å²) in [4.78, 5) is 5.22. The molecule has 4 heterocycles. The maximum absolute atomic E-state index is 5.20. The first-order chi connectivity index (χ1) is 11.2. The summed E-state index contributed by atoms with van der Waals surface area (Å²) < 4.78 is 7.10. The minimum Gasteiger partial charge on any atom is -0.472 e. The lowest BCUT2D eigenvalue weighted by molar-refractivity contribution is 0.0866. The average molecular weight is 314 g/mol. The van der Waals surface area contributed by atoms with Crippen molar-refractivity contribution < 1.29 is 4.42 Å². The fraction of sp³-hybridized carbons (Fsp3) is 0.611. The molecule has 23 heavy (non-hydrogen) atoms. The lowest BCUT2D eigenvalue weighted by Gasteiger charge is -2.40. The predicted octanol–water partition coefficient (Wildman–Crippen LogP) is 2.50. The van der Waals surface area contributed by atoms with E-state index in [0.29, 0.717) is 5.41 Å². The molecule has 1 atom stereocenters. The lowest BCUT2D eigenvalue weighted by atomic mass is 9.79. The van der Waals surface area contributed by atoms with Crippen LogP contribution >= 0.6 is 0 Å². The number of hydrogen-bond donors (Lipinski definition) is 0. The van der Waals surface area contributed by atoms with Gasteiger partial charge < -0.3 is 4.42 Å². The highest BCUT2D eigenvalue weighted by Crippen LogP contribution is 2.39. The number of aryl methyl sites for hydroxylation is 1. The summed E-state index contributed by atoms with van der Waals surface area (Å²) in [6, 6.07) is 2.08. The van der Waals surface area contributed by atoms with E-state index in [0.717, 1.165) is 13.1 Å². The average Bonchev–Trinajstić information content (AvgIpc) is 3.24. The molecule has 2 aliphatic rings. The fourth-order valence-corrected chi connectivity index (χ4v) is 4.39. The van der Waals surface area contributed by atoms with Crippen LogP contribution in [-0.2, 0) is 20.1 Å². The fourth-order valence-electron chi connectivity index (χ4n) is 4.39. The summed E-state index contributed by atoms with van der Waals surface area (Å²) in [6.45, 7) is 6.95. The first-order valence-corrected chi connectivity index (χ1v) is 8.64. The van der Waals surface area contributed by atoms with Gasteiger partial charge in [0.15, 0.2) is 0 Å². The molecule has 2 aromatic heterocycles. The molecule has 5 heteroatoms. The van der Waals surface area contributed by atoms with E-state index in [1.165, 1.54) is 56.6 Å². The molecule has 0 amide bonds. The number of furan rings is 1. The minimum atomic E-state index is 0.490. The van der Waals surface area contributed by atoms with Crippen LogP contribution in [0.3, 0.4) is 0 Å². The summed E-state index contributed by atoms with van der Waals surface area (Å²) in [5.41, 5.74) is 3.12. The Bertz CT molecular complexity index is 635. The van der Waals surface area contributed by atoms with E-state index in [4.69, 9.17) is 4.42 Å². The molecule has 1 unspecified atom stereocenters. The topological polar surface area (TPSA) is 37.4 Å². The Morgan fingerprint density at radius 1 is 1.13 bits per heavy atom. The summed E-state index contributed by atoms with van der Waals surface area (Å²) >= 11 is 0. The summed E-state index contributed by atoms with van der Waals surface area (Å²) in [5, 5.41) is 4.30. The van der Waals surface area contributed by atoms with Gasteiger partial charge in [-0.2, -0.15) is 5.10 Å². The third-order valence-electron chi connectivity index (χ3n) is 5.41. The molecule has 0 bridgehead atoms. The van der Waals surface area contributed by atoms with Crippen molar-refractivity contribution in [2.75, 3.05) is 26.2 Å². The first kappa shape index (κ1) is 15.0. The Balaban J connectivity index is 1.37. The molecule has 0 N–H and O–H groups in total. The minimum absolute atomic E-state index is 0.490. The zero-order valence-electron chi connectivity index (χ0n) is 13.9. The smallest absolute Gasteiger partial charge is 0.0947 e. The van der Waals surface area contributed by atoms with E-state index in [2.05, 4.69) is 27.2 Å². The van der Waals surface area contributed by atoms with Crippen molar-refractivity contribution >= 4 is 0 Å². The van der Waals surface area contributed by atoms with E-state index >= 15 is 0 Å². The third kappa shape index (κ3) is 3.35. The van der Waals surface area contributed by atoms with Gasteiger partial charge in [-0.25, -0.2) is 0 Å². The molecule has 2 aromatic rings. The van der Waals surface area contributed by atoms with Crippen LogP contribution in [0.25, 0.3) is 0 Å². The number of piperidine rings is 1. The standard InChI is InChI=1S/C18H26N4O/c1-20-10-17(9-19-20)12-21-6-2-4-18(14-21)5-7-22(15-18)11-16-3-8-23-13-16/h3,8-10,13H,2,4-7,11-12,14-15H2,1H3. The van der Waals surface area contributed by atoms with Crippen LogP contribution in [0.2, 0.25) is 0 Å². The first-order valence-electron chi connectivity index (χ1n) is 8.64. The second-order valence-corrected chi connectivity index (χ2v) is 7.43. The van der Waals surface area contributed by atoms with Crippen molar-refractivity contribution in [3.05, 3.63) is 42.1 Å².